The van der Waals surface area contributed by atoms with Crippen LogP contribution in [0.1, 0.15) is 17.5 Å². The molecule has 0 aliphatic carbocycles. The third-order valence-electron chi connectivity index (χ3n) is 3.27. The van der Waals surface area contributed by atoms with E-state index < -0.39 is 10.0 Å². The van der Waals surface area contributed by atoms with Crippen molar-refractivity contribution in [1.82, 2.24) is 5.32 Å². The van der Waals surface area contributed by atoms with Gasteiger partial charge in [-0.2, -0.15) is 0 Å². The number of carbonyl (C=O) groups is 1. The molecule has 0 atom stereocenters. The van der Waals surface area contributed by atoms with Crippen LogP contribution in [0.2, 0.25) is 5.02 Å². The Morgan fingerprint density at radius 1 is 1.09 bits per heavy atom. The monoisotopic (exact) mass is 352 g/mol. The first-order valence-corrected chi connectivity index (χ1v) is 8.90. The quantitative estimate of drug-likeness (QED) is 0.835. The summed E-state index contributed by atoms with van der Waals surface area (Å²) in [5, 5.41) is 8.47. The van der Waals surface area contributed by atoms with E-state index >= 15 is 0 Å². The summed E-state index contributed by atoms with van der Waals surface area (Å²) in [4.78, 5) is 11.9. The fraction of sp³-hybridized carbons (Fsp3) is 0.188. The minimum Gasteiger partial charge on any atom is -0.352 e. The predicted octanol–water partition coefficient (Wildman–Crippen LogP) is 2.24. The zero-order valence-corrected chi connectivity index (χ0v) is 13.9. The second-order valence-electron chi connectivity index (χ2n) is 5.10. The van der Waals surface area contributed by atoms with E-state index in [9.17, 15) is 13.2 Å². The molecule has 0 radical (unpaired) electrons. The summed E-state index contributed by atoms with van der Waals surface area (Å²) < 4.78 is 22.3. The van der Waals surface area contributed by atoms with Crippen LogP contribution in [0.4, 0.5) is 0 Å². The third kappa shape index (κ3) is 5.67. The first-order chi connectivity index (χ1) is 10.8. The molecule has 2 aromatic rings. The fourth-order valence-corrected chi connectivity index (χ4v) is 2.76. The highest BCUT2D eigenvalue weighted by Crippen LogP contribution is 2.12. The molecule has 23 heavy (non-hydrogen) atoms. The lowest BCUT2D eigenvalue weighted by Crippen LogP contribution is -2.23. The molecule has 0 heterocycles. The Morgan fingerprint density at radius 3 is 2.39 bits per heavy atom. The Bertz CT molecular complexity index is 789. The van der Waals surface area contributed by atoms with E-state index in [2.05, 4.69) is 5.32 Å². The summed E-state index contributed by atoms with van der Waals surface area (Å²) in [6.07, 6.45) is 0.965. The van der Waals surface area contributed by atoms with Crippen LogP contribution in [-0.2, 0) is 27.8 Å². The second-order valence-corrected chi connectivity index (χ2v) is 7.09. The van der Waals surface area contributed by atoms with Crippen LogP contribution in [-0.4, -0.2) is 14.3 Å². The zero-order valence-electron chi connectivity index (χ0n) is 12.3. The number of nitrogens with one attached hydrogen (secondary N) is 1. The lowest BCUT2D eigenvalue weighted by Gasteiger charge is -2.06. The molecule has 0 unspecified atom stereocenters. The predicted molar refractivity (Wildman–Crippen MR) is 89.4 cm³/mol. The average molecular weight is 353 g/mol. The SMILES string of the molecule is NS(=O)(=O)c1ccc(CNC(=O)CCc2cccc(Cl)c2)cc1. The van der Waals surface area contributed by atoms with Gasteiger partial charge in [0.25, 0.3) is 0 Å². The summed E-state index contributed by atoms with van der Waals surface area (Å²) in [5.74, 6) is -0.0829. The lowest BCUT2D eigenvalue weighted by atomic mass is 10.1. The van der Waals surface area contributed by atoms with Gasteiger partial charge in [-0.25, -0.2) is 13.6 Å². The summed E-state index contributed by atoms with van der Waals surface area (Å²) in [6.45, 7) is 0.333. The maximum absolute atomic E-state index is 11.8. The number of nitrogens with two attached hydrogens (primary N) is 1. The van der Waals surface area contributed by atoms with E-state index in [4.69, 9.17) is 16.7 Å². The van der Waals surface area contributed by atoms with Crippen LogP contribution >= 0.6 is 11.6 Å². The summed E-state index contributed by atoms with van der Waals surface area (Å²) >= 11 is 5.89. The highest BCUT2D eigenvalue weighted by atomic mass is 35.5. The topological polar surface area (TPSA) is 89.3 Å². The van der Waals surface area contributed by atoms with E-state index in [1.165, 1.54) is 12.1 Å². The van der Waals surface area contributed by atoms with Crippen LogP contribution in [0.5, 0.6) is 0 Å². The number of halogens is 1. The van der Waals surface area contributed by atoms with Crippen molar-refractivity contribution in [3.63, 3.8) is 0 Å². The molecule has 2 rings (SSSR count). The molecule has 7 heteroatoms. The van der Waals surface area contributed by atoms with E-state index in [-0.39, 0.29) is 10.8 Å². The fourth-order valence-electron chi connectivity index (χ4n) is 2.04. The molecule has 1 amide bonds. The molecule has 0 aliphatic rings. The number of primary sulfonamides is 1. The molecule has 5 nitrogen and oxygen atoms in total. The Labute approximate surface area is 140 Å². The van der Waals surface area contributed by atoms with Crippen LogP contribution in [0.25, 0.3) is 0 Å². The maximum Gasteiger partial charge on any atom is 0.238 e. The number of benzene rings is 2. The number of aryl methyl sites for hydroxylation is 1. The summed E-state index contributed by atoms with van der Waals surface area (Å²) in [5.41, 5.74) is 1.80. The summed E-state index contributed by atoms with van der Waals surface area (Å²) in [6, 6.07) is 13.5. The number of sulfonamides is 1. The van der Waals surface area contributed by atoms with Crippen LogP contribution in [0.3, 0.4) is 0 Å². The number of carbonyl (C=O) groups excluding carboxylic acids is 1. The van der Waals surface area contributed by atoms with E-state index in [1.54, 1.807) is 18.2 Å². The zero-order chi connectivity index (χ0) is 16.9. The van der Waals surface area contributed by atoms with Gasteiger partial charge in [0.1, 0.15) is 0 Å². The molecular formula is C16H17ClN2O3S. The summed E-state index contributed by atoms with van der Waals surface area (Å²) in [7, 11) is -3.69. The molecule has 2 aromatic carbocycles. The Morgan fingerprint density at radius 2 is 1.78 bits per heavy atom. The van der Waals surface area contributed by atoms with Crippen molar-refractivity contribution >= 4 is 27.5 Å². The van der Waals surface area contributed by atoms with Crippen molar-refractivity contribution in [2.45, 2.75) is 24.3 Å². The second kappa shape index (κ2) is 7.59. The Balaban J connectivity index is 1.82. The average Bonchev–Trinajstić information content (AvgIpc) is 2.50. The molecule has 0 aliphatic heterocycles. The van der Waals surface area contributed by atoms with Gasteiger partial charge < -0.3 is 5.32 Å². The van der Waals surface area contributed by atoms with Gasteiger partial charge in [0.05, 0.1) is 4.90 Å². The molecule has 122 valence electrons. The first kappa shape index (κ1) is 17.5. The first-order valence-electron chi connectivity index (χ1n) is 6.97. The van der Waals surface area contributed by atoms with Gasteiger partial charge in [0.2, 0.25) is 15.9 Å². The standard InChI is InChI=1S/C16H17ClN2O3S/c17-14-3-1-2-12(10-14)6-9-16(20)19-11-13-4-7-15(8-5-13)23(18,21)22/h1-5,7-8,10H,6,9,11H2,(H,19,20)(H2,18,21,22). The smallest absolute Gasteiger partial charge is 0.238 e. The van der Waals surface area contributed by atoms with E-state index in [0.717, 1.165) is 11.1 Å². The number of amides is 1. The van der Waals surface area contributed by atoms with E-state index in [1.807, 2.05) is 18.2 Å². The number of hydrogen-bond donors (Lipinski definition) is 2. The normalized spacial score (nSPS) is 11.2. The van der Waals surface area contributed by atoms with Crippen molar-refractivity contribution in [3.05, 3.63) is 64.7 Å². The van der Waals surface area contributed by atoms with Gasteiger partial charge in [-0.1, -0.05) is 35.9 Å². The van der Waals surface area contributed by atoms with Crippen molar-refractivity contribution in [2.75, 3.05) is 0 Å². The van der Waals surface area contributed by atoms with Crippen molar-refractivity contribution in [1.29, 1.82) is 0 Å². The van der Waals surface area contributed by atoms with Crippen LogP contribution < -0.4 is 10.5 Å². The Kier molecular flexibility index (Phi) is 5.76. The highest BCUT2D eigenvalue weighted by molar-refractivity contribution is 7.89. The van der Waals surface area contributed by atoms with Gasteiger partial charge in [-0.3, -0.25) is 4.79 Å². The highest BCUT2D eigenvalue weighted by Gasteiger charge is 2.07. The van der Waals surface area contributed by atoms with Gasteiger partial charge in [-0.05, 0) is 41.8 Å². The Hall–Kier alpha value is -1.89. The van der Waals surface area contributed by atoms with E-state index in [0.29, 0.717) is 24.4 Å². The largest absolute Gasteiger partial charge is 0.352 e. The molecule has 0 saturated carbocycles. The lowest BCUT2D eigenvalue weighted by molar-refractivity contribution is -0.121. The number of rotatable bonds is 6. The number of hydrogen-bond acceptors (Lipinski definition) is 3. The minimum absolute atomic E-state index is 0.0496. The van der Waals surface area contributed by atoms with Crippen LogP contribution in [0, 0.1) is 0 Å². The van der Waals surface area contributed by atoms with Gasteiger partial charge in [-0.15, -0.1) is 0 Å². The molecule has 0 fully saturated rings. The molecule has 3 N–H and O–H groups in total. The molecule has 0 saturated heterocycles. The van der Waals surface area contributed by atoms with Crippen LogP contribution in [0.15, 0.2) is 53.4 Å². The molecular weight excluding hydrogens is 336 g/mol. The van der Waals surface area contributed by atoms with Gasteiger partial charge >= 0.3 is 0 Å². The maximum atomic E-state index is 11.8. The third-order valence-corrected chi connectivity index (χ3v) is 4.44. The van der Waals surface area contributed by atoms with Gasteiger partial charge in [0, 0.05) is 18.0 Å². The molecule has 0 aromatic heterocycles. The van der Waals surface area contributed by atoms with Gasteiger partial charge in [0.15, 0.2) is 0 Å². The van der Waals surface area contributed by atoms with Crippen molar-refractivity contribution in [3.8, 4) is 0 Å². The molecule has 0 bridgehead atoms. The minimum atomic E-state index is -3.69. The van der Waals surface area contributed by atoms with Crippen molar-refractivity contribution < 1.29 is 13.2 Å². The molecule has 0 spiro atoms. The van der Waals surface area contributed by atoms with Crippen molar-refractivity contribution in [2.24, 2.45) is 5.14 Å².